The number of benzene rings is 2. The van der Waals surface area contributed by atoms with E-state index in [0.717, 1.165) is 27.4 Å². The molecule has 0 unspecified atom stereocenters. The number of thioether (sulfide) groups is 1. The number of carbonyl (C=O) groups excluding carboxylic acids is 2. The summed E-state index contributed by atoms with van der Waals surface area (Å²) in [6, 6.07) is 13.2. The Kier molecular flexibility index (Phi) is 6.46. The Morgan fingerprint density at radius 1 is 1.11 bits per heavy atom. The SMILES string of the molecule is COc1cc(/C=C2/SC(=O)N(C(C)C)C2=O)ccc1OCc1ccc(Br)cc1. The van der Waals surface area contributed by atoms with Crippen LogP contribution in [0.25, 0.3) is 6.08 Å². The van der Waals surface area contributed by atoms with Gasteiger partial charge in [0.2, 0.25) is 0 Å². The van der Waals surface area contributed by atoms with Gasteiger partial charge < -0.3 is 9.47 Å². The maximum absolute atomic E-state index is 12.4. The minimum atomic E-state index is -0.264. The van der Waals surface area contributed by atoms with Gasteiger partial charge in [-0.05, 0) is 67.1 Å². The Balaban J connectivity index is 1.77. The molecule has 0 aliphatic carbocycles. The molecule has 1 aliphatic heterocycles. The minimum absolute atomic E-state index is 0.165. The second kappa shape index (κ2) is 8.84. The second-order valence-electron chi connectivity index (χ2n) is 6.47. The minimum Gasteiger partial charge on any atom is -0.493 e. The molecule has 0 spiro atoms. The van der Waals surface area contributed by atoms with Crippen LogP contribution in [-0.4, -0.2) is 29.2 Å². The molecule has 28 heavy (non-hydrogen) atoms. The molecular weight excluding hydrogens is 442 g/mol. The van der Waals surface area contributed by atoms with Crippen molar-refractivity contribution in [2.24, 2.45) is 0 Å². The molecule has 0 N–H and O–H groups in total. The van der Waals surface area contributed by atoms with Crippen LogP contribution in [0, 0.1) is 0 Å². The van der Waals surface area contributed by atoms with Gasteiger partial charge in [-0.2, -0.15) is 0 Å². The van der Waals surface area contributed by atoms with Crippen LogP contribution in [-0.2, 0) is 11.4 Å². The van der Waals surface area contributed by atoms with Crippen molar-refractivity contribution >= 4 is 44.9 Å². The fraction of sp³-hybridized carbons (Fsp3) is 0.238. The largest absolute Gasteiger partial charge is 0.493 e. The number of nitrogens with zero attached hydrogens (tertiary/aromatic N) is 1. The summed E-state index contributed by atoms with van der Waals surface area (Å²) >= 11 is 4.37. The zero-order valence-electron chi connectivity index (χ0n) is 15.8. The molecule has 3 rings (SSSR count). The van der Waals surface area contributed by atoms with E-state index in [2.05, 4.69) is 15.9 Å². The van der Waals surface area contributed by atoms with Crippen molar-refractivity contribution in [3.63, 3.8) is 0 Å². The zero-order valence-corrected chi connectivity index (χ0v) is 18.2. The molecule has 5 nitrogen and oxygen atoms in total. The van der Waals surface area contributed by atoms with Gasteiger partial charge in [-0.1, -0.05) is 34.1 Å². The van der Waals surface area contributed by atoms with Crippen molar-refractivity contribution in [1.82, 2.24) is 4.90 Å². The highest BCUT2D eigenvalue weighted by molar-refractivity contribution is 9.10. The van der Waals surface area contributed by atoms with Crippen molar-refractivity contribution in [2.45, 2.75) is 26.5 Å². The summed E-state index contributed by atoms with van der Waals surface area (Å²) in [5.74, 6) is 0.909. The number of carbonyl (C=O) groups is 2. The van der Waals surface area contributed by atoms with E-state index in [9.17, 15) is 9.59 Å². The Hall–Kier alpha value is -2.25. The molecule has 2 aromatic carbocycles. The summed E-state index contributed by atoms with van der Waals surface area (Å²) in [5, 5.41) is -0.243. The van der Waals surface area contributed by atoms with E-state index in [1.54, 1.807) is 25.3 Å². The van der Waals surface area contributed by atoms with Gasteiger partial charge in [0, 0.05) is 10.5 Å². The van der Waals surface area contributed by atoms with E-state index in [0.29, 0.717) is 23.0 Å². The third kappa shape index (κ3) is 4.59. The molecule has 0 saturated carbocycles. The first kappa shape index (κ1) is 20.5. The van der Waals surface area contributed by atoms with Crippen LogP contribution < -0.4 is 9.47 Å². The number of rotatable bonds is 6. The lowest BCUT2D eigenvalue weighted by molar-refractivity contribution is -0.123. The molecule has 2 aromatic rings. The van der Waals surface area contributed by atoms with Crippen molar-refractivity contribution < 1.29 is 19.1 Å². The van der Waals surface area contributed by atoms with E-state index in [1.165, 1.54) is 4.90 Å². The molecule has 2 amide bonds. The van der Waals surface area contributed by atoms with Crippen LogP contribution in [0.5, 0.6) is 11.5 Å². The van der Waals surface area contributed by atoms with Crippen LogP contribution in [0.4, 0.5) is 4.79 Å². The predicted molar refractivity (Wildman–Crippen MR) is 114 cm³/mol. The van der Waals surface area contributed by atoms with Gasteiger partial charge in [-0.25, -0.2) is 0 Å². The first-order chi connectivity index (χ1) is 13.4. The maximum Gasteiger partial charge on any atom is 0.293 e. The van der Waals surface area contributed by atoms with Gasteiger partial charge in [-0.15, -0.1) is 0 Å². The molecule has 1 saturated heterocycles. The van der Waals surface area contributed by atoms with Gasteiger partial charge in [0.15, 0.2) is 11.5 Å². The summed E-state index contributed by atoms with van der Waals surface area (Å²) < 4.78 is 12.3. The molecule has 0 bridgehead atoms. The van der Waals surface area contributed by atoms with E-state index in [-0.39, 0.29) is 17.2 Å². The highest BCUT2D eigenvalue weighted by atomic mass is 79.9. The van der Waals surface area contributed by atoms with Gasteiger partial charge >= 0.3 is 0 Å². The van der Waals surface area contributed by atoms with Gasteiger partial charge in [0.25, 0.3) is 11.1 Å². The lowest BCUT2D eigenvalue weighted by Gasteiger charge is -2.16. The number of halogens is 1. The summed E-state index contributed by atoms with van der Waals surface area (Å²) in [7, 11) is 1.57. The Morgan fingerprint density at radius 2 is 1.82 bits per heavy atom. The average molecular weight is 462 g/mol. The van der Waals surface area contributed by atoms with Gasteiger partial charge in [0.05, 0.1) is 12.0 Å². The fourth-order valence-corrected chi connectivity index (χ4v) is 3.94. The third-order valence-corrected chi connectivity index (χ3v) is 5.55. The lowest BCUT2D eigenvalue weighted by Crippen LogP contribution is -2.34. The van der Waals surface area contributed by atoms with Crippen molar-refractivity contribution in [2.75, 3.05) is 7.11 Å². The van der Waals surface area contributed by atoms with Crippen molar-refractivity contribution in [1.29, 1.82) is 0 Å². The van der Waals surface area contributed by atoms with E-state index >= 15 is 0 Å². The third-order valence-electron chi connectivity index (χ3n) is 4.13. The molecule has 1 aliphatic rings. The molecule has 0 aromatic heterocycles. The van der Waals surface area contributed by atoms with Gasteiger partial charge in [-0.3, -0.25) is 14.5 Å². The van der Waals surface area contributed by atoms with Crippen LogP contribution in [0.2, 0.25) is 0 Å². The number of hydrogen-bond donors (Lipinski definition) is 0. The molecular formula is C21H20BrNO4S. The van der Waals surface area contributed by atoms with Crippen molar-refractivity contribution in [3.8, 4) is 11.5 Å². The molecule has 146 valence electrons. The van der Waals surface area contributed by atoms with Crippen LogP contribution in [0.15, 0.2) is 51.8 Å². The molecule has 0 radical (unpaired) electrons. The first-order valence-electron chi connectivity index (χ1n) is 8.71. The van der Waals surface area contributed by atoms with Crippen LogP contribution >= 0.6 is 27.7 Å². The van der Waals surface area contributed by atoms with Crippen molar-refractivity contribution in [3.05, 3.63) is 63.0 Å². The van der Waals surface area contributed by atoms with Crippen LogP contribution in [0.1, 0.15) is 25.0 Å². The second-order valence-corrected chi connectivity index (χ2v) is 8.38. The van der Waals surface area contributed by atoms with Crippen LogP contribution in [0.3, 0.4) is 0 Å². The number of imide groups is 1. The summed E-state index contributed by atoms with van der Waals surface area (Å²) in [5.41, 5.74) is 1.80. The number of amides is 2. The topological polar surface area (TPSA) is 55.8 Å². The van der Waals surface area contributed by atoms with E-state index in [4.69, 9.17) is 9.47 Å². The standard InChI is InChI=1S/C21H20BrNO4S/c1-13(2)23-20(24)19(28-21(23)25)11-15-6-9-17(18(10-15)26-3)27-12-14-4-7-16(22)8-5-14/h4-11,13H,12H2,1-3H3/b19-11+. The Labute approximate surface area is 176 Å². The molecule has 1 fully saturated rings. The lowest BCUT2D eigenvalue weighted by atomic mass is 10.1. The number of hydrogen-bond acceptors (Lipinski definition) is 5. The number of methoxy groups -OCH3 is 1. The van der Waals surface area contributed by atoms with Gasteiger partial charge in [0.1, 0.15) is 6.61 Å². The maximum atomic E-state index is 12.4. The molecule has 1 heterocycles. The van der Waals surface area contributed by atoms with E-state index < -0.39 is 0 Å². The summed E-state index contributed by atoms with van der Waals surface area (Å²) in [6.07, 6.45) is 1.70. The summed E-state index contributed by atoms with van der Waals surface area (Å²) in [6.45, 7) is 4.05. The summed E-state index contributed by atoms with van der Waals surface area (Å²) in [4.78, 5) is 26.1. The predicted octanol–water partition coefficient (Wildman–Crippen LogP) is 5.48. The van der Waals surface area contributed by atoms with E-state index in [1.807, 2.05) is 44.2 Å². The Bertz CT molecular complexity index is 925. The Morgan fingerprint density at radius 3 is 2.43 bits per heavy atom. The zero-order chi connectivity index (χ0) is 20.3. The molecule has 0 atom stereocenters. The molecule has 7 heteroatoms. The fourth-order valence-electron chi connectivity index (χ4n) is 2.71. The number of ether oxygens (including phenoxy) is 2. The highest BCUT2D eigenvalue weighted by Gasteiger charge is 2.36. The average Bonchev–Trinajstić information content (AvgIpc) is 2.95. The smallest absolute Gasteiger partial charge is 0.293 e. The quantitative estimate of drug-likeness (QED) is 0.532. The monoisotopic (exact) mass is 461 g/mol. The first-order valence-corrected chi connectivity index (χ1v) is 10.3. The highest BCUT2D eigenvalue weighted by Crippen LogP contribution is 2.35. The normalized spacial score (nSPS) is 15.6.